The van der Waals surface area contributed by atoms with Gasteiger partial charge in [-0.1, -0.05) is 103 Å². The van der Waals surface area contributed by atoms with Gasteiger partial charge in [0.1, 0.15) is 19.3 Å². The predicted molar refractivity (Wildman–Crippen MR) is 185 cm³/mol. The van der Waals surface area contributed by atoms with Gasteiger partial charge in [0.2, 0.25) is 6.29 Å². The zero-order valence-electron chi connectivity index (χ0n) is 27.7. The Bertz CT molecular complexity index is 1910. The molecule has 0 aromatic heterocycles. The number of ether oxygens (including phenoxy) is 5. The Labute approximate surface area is 299 Å². The molecule has 1 aliphatic heterocycles. The first-order valence-electron chi connectivity index (χ1n) is 16.4. The molecule has 1 saturated heterocycles. The standard InChI is InChI=1S/C41H34O11/c42-37(29-18-8-2-9-19-29)46-27-33-34(49-38(43)30-20-10-3-11-21-30)35(50-39(44)31-22-12-4-13-23-31)36(51-40(45)32-24-14-5-15-25-32)41(48-33)52-47-26-28-16-6-1-7-17-28/h1-25,33-36,41H,26-27H2. The van der Waals surface area contributed by atoms with E-state index in [0.717, 1.165) is 5.56 Å². The zero-order valence-corrected chi connectivity index (χ0v) is 27.7. The van der Waals surface area contributed by atoms with Gasteiger partial charge < -0.3 is 23.7 Å². The number of benzene rings is 5. The summed E-state index contributed by atoms with van der Waals surface area (Å²) in [5, 5.41) is 0. The molecule has 0 N–H and O–H groups in total. The summed E-state index contributed by atoms with van der Waals surface area (Å²) in [6, 6.07) is 41.7. The summed E-state index contributed by atoms with van der Waals surface area (Å²) in [4.78, 5) is 65.2. The van der Waals surface area contributed by atoms with Gasteiger partial charge in [-0.3, -0.25) is 0 Å². The van der Waals surface area contributed by atoms with E-state index in [9.17, 15) is 19.2 Å². The van der Waals surface area contributed by atoms with Crippen molar-refractivity contribution in [1.29, 1.82) is 0 Å². The maximum Gasteiger partial charge on any atom is 0.338 e. The van der Waals surface area contributed by atoms with Gasteiger partial charge in [0.05, 0.1) is 22.3 Å². The molecule has 0 aliphatic carbocycles. The molecule has 0 amide bonds. The minimum atomic E-state index is -1.57. The molecular formula is C41H34O11. The van der Waals surface area contributed by atoms with E-state index in [1.165, 1.54) is 36.4 Å². The normalized spacial score (nSPS) is 19.5. The van der Waals surface area contributed by atoms with E-state index in [0.29, 0.717) is 0 Å². The van der Waals surface area contributed by atoms with Crippen molar-refractivity contribution in [3.63, 3.8) is 0 Å². The Morgan fingerprint density at radius 3 is 1.31 bits per heavy atom. The SMILES string of the molecule is O=C(OCC1OC(OOCc2ccccc2)C(OC(=O)c2ccccc2)C(OC(=O)c2ccccc2)C1OC(=O)c1ccccc1)c1ccccc1. The molecule has 0 bridgehead atoms. The van der Waals surface area contributed by atoms with Crippen LogP contribution >= 0.6 is 0 Å². The summed E-state index contributed by atoms with van der Waals surface area (Å²) in [6.45, 7) is -0.521. The van der Waals surface area contributed by atoms with Crippen molar-refractivity contribution < 1.29 is 52.6 Å². The van der Waals surface area contributed by atoms with Crippen molar-refractivity contribution in [3.8, 4) is 0 Å². The van der Waals surface area contributed by atoms with Gasteiger partial charge in [-0.15, -0.1) is 0 Å². The van der Waals surface area contributed by atoms with Crippen molar-refractivity contribution in [3.05, 3.63) is 179 Å². The van der Waals surface area contributed by atoms with E-state index >= 15 is 0 Å². The molecule has 1 fully saturated rings. The fourth-order valence-corrected chi connectivity index (χ4v) is 5.35. The molecule has 11 nitrogen and oxygen atoms in total. The highest BCUT2D eigenvalue weighted by atomic mass is 17.2. The Balaban J connectivity index is 1.37. The van der Waals surface area contributed by atoms with Gasteiger partial charge in [0.15, 0.2) is 18.3 Å². The summed E-state index contributed by atoms with van der Waals surface area (Å²) >= 11 is 0. The van der Waals surface area contributed by atoms with Crippen molar-refractivity contribution >= 4 is 23.9 Å². The lowest BCUT2D eigenvalue weighted by Gasteiger charge is -2.43. The van der Waals surface area contributed by atoms with Gasteiger partial charge >= 0.3 is 23.9 Å². The number of hydrogen-bond donors (Lipinski definition) is 0. The topological polar surface area (TPSA) is 133 Å². The van der Waals surface area contributed by atoms with Crippen molar-refractivity contribution in [2.75, 3.05) is 6.61 Å². The quantitative estimate of drug-likeness (QED) is 0.0585. The second-order valence-electron chi connectivity index (χ2n) is 11.6. The molecule has 5 unspecified atom stereocenters. The van der Waals surface area contributed by atoms with E-state index in [4.69, 9.17) is 33.5 Å². The highest BCUT2D eigenvalue weighted by molar-refractivity contribution is 5.91. The van der Waals surface area contributed by atoms with Crippen molar-refractivity contribution in [2.24, 2.45) is 0 Å². The first-order valence-corrected chi connectivity index (χ1v) is 16.4. The fraction of sp³-hybridized carbons (Fsp3) is 0.171. The smallest absolute Gasteiger partial charge is 0.338 e. The van der Waals surface area contributed by atoms with E-state index < -0.39 is 61.2 Å². The Morgan fingerprint density at radius 1 is 0.462 bits per heavy atom. The first kappa shape index (κ1) is 35.7. The molecule has 1 heterocycles. The van der Waals surface area contributed by atoms with Crippen LogP contribution in [0.4, 0.5) is 0 Å². The average molecular weight is 703 g/mol. The third-order valence-corrected chi connectivity index (χ3v) is 7.97. The minimum Gasteiger partial charge on any atom is -0.459 e. The first-order chi connectivity index (χ1) is 25.5. The summed E-state index contributed by atoms with van der Waals surface area (Å²) in [6.07, 6.45) is -7.51. The molecule has 264 valence electrons. The molecular weight excluding hydrogens is 668 g/mol. The van der Waals surface area contributed by atoms with Gasteiger partial charge in [-0.25, -0.2) is 24.1 Å². The molecule has 11 heteroatoms. The second kappa shape index (κ2) is 17.7. The van der Waals surface area contributed by atoms with Crippen molar-refractivity contribution in [2.45, 2.75) is 37.3 Å². The highest BCUT2D eigenvalue weighted by Crippen LogP contribution is 2.32. The lowest BCUT2D eigenvalue weighted by Crippen LogP contribution is -2.63. The number of esters is 4. The number of rotatable bonds is 13. The van der Waals surface area contributed by atoms with E-state index in [-0.39, 0.29) is 28.9 Å². The Morgan fingerprint density at radius 2 is 0.846 bits per heavy atom. The van der Waals surface area contributed by atoms with Gasteiger partial charge in [0.25, 0.3) is 0 Å². The van der Waals surface area contributed by atoms with Crippen LogP contribution in [0.3, 0.4) is 0 Å². The van der Waals surface area contributed by atoms with Gasteiger partial charge in [-0.05, 0) is 54.1 Å². The van der Waals surface area contributed by atoms with Crippen LogP contribution in [0.25, 0.3) is 0 Å². The van der Waals surface area contributed by atoms with E-state index in [1.54, 1.807) is 84.9 Å². The molecule has 6 rings (SSSR count). The summed E-state index contributed by atoms with van der Waals surface area (Å²) in [7, 11) is 0. The Hall–Kier alpha value is -6.14. The lowest BCUT2D eigenvalue weighted by molar-refractivity contribution is -0.428. The number of carbonyl (C=O) groups is 4. The van der Waals surface area contributed by atoms with Gasteiger partial charge in [-0.2, -0.15) is 4.89 Å². The second-order valence-corrected chi connectivity index (χ2v) is 11.6. The maximum atomic E-state index is 13.7. The van der Waals surface area contributed by atoms with Crippen LogP contribution in [0.2, 0.25) is 0 Å². The monoisotopic (exact) mass is 702 g/mol. The highest BCUT2D eigenvalue weighted by Gasteiger charge is 2.54. The Kier molecular flexibility index (Phi) is 12.1. The van der Waals surface area contributed by atoms with Crippen LogP contribution < -0.4 is 0 Å². The molecule has 52 heavy (non-hydrogen) atoms. The third-order valence-electron chi connectivity index (χ3n) is 7.97. The van der Waals surface area contributed by atoms with E-state index in [1.807, 2.05) is 30.3 Å². The van der Waals surface area contributed by atoms with Crippen molar-refractivity contribution in [1.82, 2.24) is 0 Å². The minimum absolute atomic E-state index is 0.0331. The lowest BCUT2D eigenvalue weighted by atomic mass is 9.97. The largest absolute Gasteiger partial charge is 0.459 e. The van der Waals surface area contributed by atoms with Crippen LogP contribution in [-0.2, 0) is 40.1 Å². The van der Waals surface area contributed by atoms with Crippen LogP contribution in [-0.4, -0.2) is 61.2 Å². The van der Waals surface area contributed by atoms with E-state index in [2.05, 4.69) is 0 Å². The molecule has 5 aromatic carbocycles. The third kappa shape index (κ3) is 9.34. The number of hydrogen-bond acceptors (Lipinski definition) is 11. The summed E-state index contributed by atoms with van der Waals surface area (Å²) < 4.78 is 29.9. The molecule has 0 saturated carbocycles. The predicted octanol–water partition coefficient (Wildman–Crippen LogP) is 6.39. The molecule has 0 radical (unpaired) electrons. The van der Waals surface area contributed by atoms with Crippen LogP contribution in [0.1, 0.15) is 47.0 Å². The summed E-state index contributed by atoms with van der Waals surface area (Å²) in [5.41, 5.74) is 1.54. The van der Waals surface area contributed by atoms with Gasteiger partial charge in [0, 0.05) is 0 Å². The molecule has 5 aromatic rings. The number of carbonyl (C=O) groups excluding carboxylic acids is 4. The average Bonchev–Trinajstić information content (AvgIpc) is 3.20. The fourth-order valence-electron chi connectivity index (χ4n) is 5.35. The van der Waals surface area contributed by atoms with Crippen LogP contribution in [0, 0.1) is 0 Å². The molecule has 5 atom stereocenters. The maximum absolute atomic E-state index is 13.7. The summed E-state index contributed by atoms with van der Waals surface area (Å²) in [5.74, 6) is -3.13. The zero-order chi connectivity index (χ0) is 36.1. The van der Waals surface area contributed by atoms with Crippen LogP contribution in [0.15, 0.2) is 152 Å². The molecule has 1 aliphatic rings. The molecule has 0 spiro atoms. The van der Waals surface area contributed by atoms with Crippen LogP contribution in [0.5, 0.6) is 0 Å².